The van der Waals surface area contributed by atoms with Gasteiger partial charge in [0.1, 0.15) is 84.5 Å². The number of carbonyl (C=O) groups excluding carboxylic acids is 2. The number of aryl methyl sites for hydroxylation is 1. The summed E-state index contributed by atoms with van der Waals surface area (Å²) < 4.78 is 63.8. The Hall–Kier alpha value is -7.61. The van der Waals surface area contributed by atoms with Gasteiger partial charge in [-0.05, 0) is 71.7 Å². The number of aliphatic hydroxyl groups is 9. The van der Waals surface area contributed by atoms with Gasteiger partial charge >= 0.3 is 23.3 Å². The first-order valence-electron chi connectivity index (χ1n) is 25.3. The van der Waals surface area contributed by atoms with Crippen LogP contribution in [0.25, 0.3) is 34.4 Å². The van der Waals surface area contributed by atoms with Crippen molar-refractivity contribution < 1.29 is 133 Å². The molecule has 3 saturated heterocycles. The van der Waals surface area contributed by atoms with Gasteiger partial charge in [0.2, 0.25) is 18.3 Å². The quantitative estimate of drug-likeness (QED) is 0.0227. The third-order valence-corrected chi connectivity index (χ3v) is 13.6. The lowest BCUT2D eigenvalue weighted by Crippen LogP contribution is -2.65. The average molecular weight is 1150 g/mol. The van der Waals surface area contributed by atoms with E-state index in [1.54, 1.807) is 13.0 Å². The Morgan fingerprint density at radius 2 is 1.18 bits per heavy atom. The lowest BCUT2D eigenvalue weighted by molar-refractivity contribution is -0.358. The second-order valence-electron chi connectivity index (χ2n) is 19.0. The zero-order valence-electron chi connectivity index (χ0n) is 43.7. The molecule has 15 atom stereocenters. The van der Waals surface area contributed by atoms with Crippen molar-refractivity contribution in [2.75, 3.05) is 34.0 Å². The molecule has 0 aliphatic carbocycles. The van der Waals surface area contributed by atoms with E-state index in [4.69, 9.17) is 51.8 Å². The topological polar surface area (TPSA) is 421 Å². The number of rotatable bonds is 19. The van der Waals surface area contributed by atoms with Crippen LogP contribution in [0.15, 0.2) is 83.3 Å². The van der Waals surface area contributed by atoms with E-state index in [0.29, 0.717) is 23.1 Å². The summed E-state index contributed by atoms with van der Waals surface area (Å²) >= 11 is 0. The Balaban J connectivity index is 1.18. The van der Waals surface area contributed by atoms with Gasteiger partial charge in [-0.1, -0.05) is 13.0 Å². The molecule has 0 radical (unpaired) electrons. The van der Waals surface area contributed by atoms with Gasteiger partial charge in [-0.25, -0.2) is 14.0 Å². The fourth-order valence-corrected chi connectivity index (χ4v) is 9.09. The third-order valence-electron chi connectivity index (χ3n) is 13.6. The van der Waals surface area contributed by atoms with Gasteiger partial charge < -0.3 is 119 Å². The van der Waals surface area contributed by atoms with Crippen molar-refractivity contribution in [1.82, 2.24) is 0 Å². The standard InChI is InChI=1S/C55H60O27/c1-4-25-13-24(15-35(73-3)42(25)64)7-12-41(63)81-51-47(69)44(66)38(21-57)79-55(51)82-52-48(70)45(67)39(22-74-40(62)11-6-23-5-9-30(60)34(14-23)72-2)80-54(52)77-36-19-28-32(75-50(36)26-8-10-29(59)31(61)16-26)17-27(58)18-33(28)76-53-49(71)46(68)43(65)37(20-56)78-53/h5-19,37-39,43-49,51-57,65-71H,4,20-22H2,1-3H3,(H4-,58,59,60,61,62,63,64)/p+1/t37-,38-,39-,43-,44-,45-,46+,47+,48+,49-,51-,52-,53-,54-,55+/m1/s1. The highest BCUT2D eigenvalue weighted by Crippen LogP contribution is 2.44. The first-order chi connectivity index (χ1) is 39.2. The van der Waals surface area contributed by atoms with Crippen LogP contribution in [0.3, 0.4) is 0 Å². The number of benzene rings is 4. The van der Waals surface area contributed by atoms with Crippen molar-refractivity contribution in [2.45, 2.75) is 105 Å². The van der Waals surface area contributed by atoms with Crippen molar-refractivity contribution in [1.29, 1.82) is 0 Å². The van der Waals surface area contributed by atoms with Crippen molar-refractivity contribution in [2.24, 2.45) is 0 Å². The molecular weight excluding hydrogens is 1090 g/mol. The number of hydrogen-bond donors (Lipinski definition) is 14. The zero-order chi connectivity index (χ0) is 59.3. The molecule has 82 heavy (non-hydrogen) atoms. The minimum Gasteiger partial charge on any atom is -0.507 e. The largest absolute Gasteiger partial charge is 0.507 e. The maximum atomic E-state index is 13.6. The Labute approximate surface area is 464 Å². The van der Waals surface area contributed by atoms with Crippen LogP contribution in [0.5, 0.6) is 51.7 Å². The molecule has 27 heteroatoms. The summed E-state index contributed by atoms with van der Waals surface area (Å²) in [6, 6.07) is 13.8. The van der Waals surface area contributed by atoms with Crippen molar-refractivity contribution in [3.8, 4) is 63.1 Å². The smallest absolute Gasteiger partial charge is 0.402 e. The predicted octanol–water partition coefficient (Wildman–Crippen LogP) is 0.199. The monoisotopic (exact) mass is 1150 g/mol. The number of phenolic OH excluding ortho intramolecular Hbond substituents is 5. The zero-order valence-corrected chi connectivity index (χ0v) is 43.7. The average Bonchev–Trinajstić information content (AvgIpc) is 2.76. The van der Waals surface area contributed by atoms with Gasteiger partial charge in [0.05, 0.1) is 39.1 Å². The van der Waals surface area contributed by atoms with Crippen LogP contribution < -0.4 is 18.9 Å². The van der Waals surface area contributed by atoms with Crippen LogP contribution in [0.1, 0.15) is 23.6 Å². The Bertz CT molecular complexity index is 3100. The van der Waals surface area contributed by atoms with E-state index in [9.17, 15) is 81.1 Å². The van der Waals surface area contributed by atoms with Crippen LogP contribution in [0, 0.1) is 0 Å². The predicted molar refractivity (Wildman–Crippen MR) is 277 cm³/mol. The van der Waals surface area contributed by atoms with Crippen molar-refractivity contribution in [3.63, 3.8) is 0 Å². The lowest BCUT2D eigenvalue weighted by Gasteiger charge is -2.46. The van der Waals surface area contributed by atoms with Gasteiger partial charge in [0.15, 0.2) is 53.0 Å². The van der Waals surface area contributed by atoms with Crippen LogP contribution in [0.4, 0.5) is 0 Å². The summed E-state index contributed by atoms with van der Waals surface area (Å²) in [6.45, 7) is -0.836. The Morgan fingerprint density at radius 1 is 0.573 bits per heavy atom. The number of ether oxygens (including phenoxy) is 10. The number of carbonyl (C=O) groups is 2. The normalized spacial score (nSPS) is 28.5. The Kier molecular flexibility index (Phi) is 19.3. The maximum Gasteiger partial charge on any atom is 0.402 e. The molecule has 3 aliphatic heterocycles. The van der Waals surface area contributed by atoms with Crippen LogP contribution >= 0.6 is 0 Å². The van der Waals surface area contributed by atoms with Gasteiger partial charge in [-0.15, -0.1) is 0 Å². The highest BCUT2D eigenvalue weighted by Gasteiger charge is 2.54. The van der Waals surface area contributed by atoms with Gasteiger partial charge in [0, 0.05) is 30.4 Å². The minimum absolute atomic E-state index is 0.0560. The number of hydrogen-bond acceptors (Lipinski definition) is 26. The SMILES string of the molecule is CCc1cc(/C=C/C(=O)O[C@H]2[C@H](O[C@H]3[C@H](Oc4cc5c(O[C@@H]6O[C@H](CO)[C@@H](O)[C@H](O)[C@H]6O)cc(O)cc5[o+]c4-c4ccc(O)c(O)c4)O[C@H](COC(=O)/C=C/c4ccc(O)c(OC)c4)[C@@H](O)[C@@H]3O)O[C@H](CO)[C@@H](O)[C@@H]2O)cc(OC)c1O. The van der Waals surface area contributed by atoms with Crippen LogP contribution in [-0.4, -0.2) is 210 Å². The fraction of sp³-hybridized carbons (Fsp3) is 0.400. The molecule has 0 bridgehead atoms. The van der Waals surface area contributed by atoms with Crippen LogP contribution in [0.2, 0.25) is 0 Å². The number of methoxy groups -OCH3 is 2. The second kappa shape index (κ2) is 26.1. The maximum absolute atomic E-state index is 13.6. The molecule has 3 aliphatic rings. The molecule has 1 aromatic heterocycles. The molecule has 4 aromatic carbocycles. The number of fused-ring (bicyclic) bond motifs is 1. The summed E-state index contributed by atoms with van der Waals surface area (Å²) in [5, 5.41) is 150. The number of esters is 2. The summed E-state index contributed by atoms with van der Waals surface area (Å²) in [4.78, 5) is 26.7. The van der Waals surface area contributed by atoms with E-state index >= 15 is 0 Å². The molecule has 442 valence electrons. The number of aromatic hydroxyl groups is 5. The first kappa shape index (κ1) is 60.5. The fourth-order valence-electron chi connectivity index (χ4n) is 9.09. The molecule has 0 unspecified atom stereocenters. The van der Waals surface area contributed by atoms with E-state index in [1.807, 2.05) is 0 Å². The number of phenols is 5. The third kappa shape index (κ3) is 13.2. The molecule has 3 fully saturated rings. The minimum atomic E-state index is -2.20. The molecule has 8 rings (SSSR count). The molecule has 4 heterocycles. The molecule has 0 spiro atoms. The van der Waals surface area contributed by atoms with Gasteiger partial charge in [-0.2, -0.15) is 0 Å². The summed E-state index contributed by atoms with van der Waals surface area (Å²) in [7, 11) is 2.65. The molecule has 14 N–H and O–H groups in total. The molecule has 27 nitrogen and oxygen atoms in total. The highest BCUT2D eigenvalue weighted by molar-refractivity contribution is 5.90. The molecule has 0 amide bonds. The summed E-state index contributed by atoms with van der Waals surface area (Å²) in [5.41, 5.74) is 0.958. The summed E-state index contributed by atoms with van der Waals surface area (Å²) in [5.74, 6) is -5.19. The van der Waals surface area contributed by atoms with E-state index in [0.717, 1.165) is 36.4 Å². The second-order valence-corrected chi connectivity index (χ2v) is 19.0. The first-order valence-corrected chi connectivity index (χ1v) is 25.3. The Morgan fingerprint density at radius 3 is 1.87 bits per heavy atom. The molecular formula is C55H61O27+. The number of aliphatic hydroxyl groups excluding tert-OH is 9. The van der Waals surface area contributed by atoms with Gasteiger partial charge in [0.25, 0.3) is 0 Å². The van der Waals surface area contributed by atoms with E-state index in [-0.39, 0.29) is 51.0 Å². The lowest BCUT2D eigenvalue weighted by atomic mass is 9.97. The molecule has 5 aromatic rings. The van der Waals surface area contributed by atoms with E-state index < -0.39 is 147 Å². The highest BCUT2D eigenvalue weighted by atomic mass is 16.8. The van der Waals surface area contributed by atoms with Gasteiger partial charge in [-0.3, -0.25) is 0 Å². The van der Waals surface area contributed by atoms with Crippen molar-refractivity contribution in [3.05, 3.63) is 95.6 Å². The van der Waals surface area contributed by atoms with Crippen molar-refractivity contribution >= 4 is 35.1 Å². The molecule has 0 saturated carbocycles. The van der Waals surface area contributed by atoms with E-state index in [2.05, 4.69) is 0 Å². The van der Waals surface area contributed by atoms with E-state index in [1.165, 1.54) is 62.8 Å². The summed E-state index contributed by atoms with van der Waals surface area (Å²) in [6.07, 6.45) is -23.9. The van der Waals surface area contributed by atoms with Crippen LogP contribution in [-0.2, 0) is 44.4 Å².